The van der Waals surface area contributed by atoms with Gasteiger partial charge in [-0.2, -0.15) is 0 Å². The lowest BCUT2D eigenvalue weighted by Crippen LogP contribution is -2.40. The molecule has 1 unspecified atom stereocenters. The van der Waals surface area contributed by atoms with Gasteiger partial charge in [-0.25, -0.2) is 27.7 Å². The van der Waals surface area contributed by atoms with Crippen LogP contribution in [0.4, 0.5) is 11.8 Å². The van der Waals surface area contributed by atoms with Gasteiger partial charge in [0.2, 0.25) is 16.0 Å². The van der Waals surface area contributed by atoms with Gasteiger partial charge in [0.1, 0.15) is 5.82 Å². The summed E-state index contributed by atoms with van der Waals surface area (Å²) in [5.74, 6) is 1.40. The van der Waals surface area contributed by atoms with E-state index in [9.17, 15) is 8.42 Å². The number of benzene rings is 1. The minimum absolute atomic E-state index is 0.0797. The molecule has 0 amide bonds. The van der Waals surface area contributed by atoms with Crippen LogP contribution in [0.1, 0.15) is 36.4 Å². The van der Waals surface area contributed by atoms with E-state index in [1.165, 1.54) is 5.56 Å². The minimum Gasteiger partial charge on any atom is -0.309 e. The highest BCUT2D eigenvalue weighted by Crippen LogP contribution is 2.28. The number of nitrogens with one attached hydrogen (secondary N) is 1. The van der Waals surface area contributed by atoms with E-state index in [0.717, 1.165) is 25.0 Å². The lowest BCUT2D eigenvalue weighted by molar-refractivity contribution is 0.312. The van der Waals surface area contributed by atoms with E-state index in [0.29, 0.717) is 31.3 Å². The van der Waals surface area contributed by atoms with Crippen molar-refractivity contribution in [3.8, 4) is 0 Å². The number of hydrogen-bond donors (Lipinski definition) is 1. The molecule has 1 N–H and O–H groups in total. The standard InChI is InChI=1S/C23H27N5O2S/c29-31(30,17-6-10-19-8-2-1-3-9-19)28-16-5-11-20(18-28)21-12-4-13-22(26-21)27-23-24-14-7-15-25-23/h1-4,7-9,12-15,20H,5-6,10-11,16-18H2,(H,24,25,26,27). The predicted molar refractivity (Wildman–Crippen MR) is 122 cm³/mol. The van der Waals surface area contributed by atoms with Crippen molar-refractivity contribution in [3.63, 3.8) is 0 Å². The van der Waals surface area contributed by atoms with Crippen molar-refractivity contribution < 1.29 is 8.42 Å². The third-order valence-corrected chi connectivity index (χ3v) is 7.41. The first-order valence-electron chi connectivity index (χ1n) is 10.6. The van der Waals surface area contributed by atoms with Crippen molar-refractivity contribution in [3.05, 3.63) is 78.2 Å². The second-order valence-corrected chi connectivity index (χ2v) is 9.84. The Balaban J connectivity index is 1.38. The van der Waals surface area contributed by atoms with E-state index in [2.05, 4.69) is 15.3 Å². The Morgan fingerprint density at radius 2 is 1.81 bits per heavy atom. The smallest absolute Gasteiger partial charge is 0.228 e. The van der Waals surface area contributed by atoms with E-state index >= 15 is 0 Å². The van der Waals surface area contributed by atoms with Crippen molar-refractivity contribution >= 4 is 21.8 Å². The molecule has 1 aliphatic heterocycles. The number of anilines is 2. The van der Waals surface area contributed by atoms with Gasteiger partial charge in [0.15, 0.2) is 0 Å². The number of piperidine rings is 1. The first-order chi connectivity index (χ1) is 15.1. The van der Waals surface area contributed by atoms with Crippen LogP contribution in [0, 0.1) is 0 Å². The first kappa shape index (κ1) is 21.4. The molecule has 1 aliphatic rings. The summed E-state index contributed by atoms with van der Waals surface area (Å²) in [6.45, 7) is 1.06. The molecule has 0 saturated carbocycles. The highest BCUT2D eigenvalue weighted by molar-refractivity contribution is 7.89. The van der Waals surface area contributed by atoms with Crippen molar-refractivity contribution in [2.24, 2.45) is 0 Å². The molecule has 8 heteroatoms. The van der Waals surface area contributed by atoms with Crippen molar-refractivity contribution in [1.29, 1.82) is 0 Å². The third-order valence-electron chi connectivity index (χ3n) is 5.48. The van der Waals surface area contributed by atoms with Gasteiger partial charge in [0, 0.05) is 37.1 Å². The molecule has 0 radical (unpaired) electrons. The number of rotatable bonds is 8. The fraction of sp³-hybridized carbons (Fsp3) is 0.348. The highest BCUT2D eigenvalue weighted by atomic mass is 32.2. The Bertz CT molecular complexity index is 1080. The summed E-state index contributed by atoms with van der Waals surface area (Å²) in [4.78, 5) is 13.0. The summed E-state index contributed by atoms with van der Waals surface area (Å²) in [6.07, 6.45) is 6.50. The summed E-state index contributed by atoms with van der Waals surface area (Å²) >= 11 is 0. The number of aromatic nitrogens is 3. The van der Waals surface area contributed by atoms with Crippen LogP contribution in [-0.4, -0.2) is 46.5 Å². The zero-order valence-corrected chi connectivity index (χ0v) is 18.2. The molecule has 0 aliphatic carbocycles. The number of aryl methyl sites for hydroxylation is 1. The van der Waals surface area contributed by atoms with Crippen LogP contribution in [0.5, 0.6) is 0 Å². The maximum absolute atomic E-state index is 12.9. The second-order valence-electron chi connectivity index (χ2n) is 7.75. The summed E-state index contributed by atoms with van der Waals surface area (Å²) in [7, 11) is -3.28. The Morgan fingerprint density at radius 1 is 1.00 bits per heavy atom. The second kappa shape index (κ2) is 9.98. The first-order valence-corrected chi connectivity index (χ1v) is 12.2. The number of pyridine rings is 1. The average Bonchev–Trinajstić information content (AvgIpc) is 2.81. The molecule has 3 heterocycles. The summed E-state index contributed by atoms with van der Waals surface area (Å²) < 4.78 is 27.5. The van der Waals surface area contributed by atoms with E-state index in [4.69, 9.17) is 4.98 Å². The molecule has 1 atom stereocenters. The number of hydrogen-bond acceptors (Lipinski definition) is 6. The molecule has 1 fully saturated rings. The molecule has 4 rings (SSSR count). The summed E-state index contributed by atoms with van der Waals surface area (Å²) in [5, 5.41) is 3.10. The van der Waals surface area contributed by atoms with Gasteiger partial charge in [-0.1, -0.05) is 36.4 Å². The molecule has 162 valence electrons. The van der Waals surface area contributed by atoms with Crippen molar-refractivity contribution in [1.82, 2.24) is 19.3 Å². The van der Waals surface area contributed by atoms with Gasteiger partial charge in [-0.15, -0.1) is 0 Å². The van der Waals surface area contributed by atoms with E-state index < -0.39 is 10.0 Å². The predicted octanol–water partition coefficient (Wildman–Crippen LogP) is 3.76. The van der Waals surface area contributed by atoms with Crippen molar-refractivity contribution in [2.45, 2.75) is 31.6 Å². The molecule has 7 nitrogen and oxygen atoms in total. The van der Waals surface area contributed by atoms with Crippen LogP contribution in [-0.2, 0) is 16.4 Å². The monoisotopic (exact) mass is 437 g/mol. The quantitative estimate of drug-likeness (QED) is 0.577. The molecule has 2 aromatic heterocycles. The van der Waals surface area contributed by atoms with Gasteiger partial charge in [-0.05, 0) is 49.4 Å². The van der Waals surface area contributed by atoms with Gasteiger partial charge in [0.05, 0.1) is 5.75 Å². The zero-order valence-electron chi connectivity index (χ0n) is 17.4. The minimum atomic E-state index is -3.28. The van der Waals surface area contributed by atoms with Crippen molar-refractivity contribution in [2.75, 3.05) is 24.2 Å². The van der Waals surface area contributed by atoms with E-state index in [1.807, 2.05) is 48.5 Å². The Labute approximate surface area is 183 Å². The Morgan fingerprint density at radius 3 is 2.61 bits per heavy atom. The average molecular weight is 438 g/mol. The normalized spacial score (nSPS) is 17.4. The zero-order chi connectivity index (χ0) is 21.5. The number of nitrogens with zero attached hydrogens (tertiary/aromatic N) is 4. The SMILES string of the molecule is O=S(=O)(CCCc1ccccc1)N1CCCC(c2cccc(Nc3ncccn3)n2)C1. The fourth-order valence-electron chi connectivity index (χ4n) is 3.90. The Kier molecular flexibility index (Phi) is 6.89. The lowest BCUT2D eigenvalue weighted by atomic mass is 9.96. The molecule has 1 saturated heterocycles. The van der Waals surface area contributed by atoms with Crippen LogP contribution in [0.15, 0.2) is 67.0 Å². The molecular formula is C23H27N5O2S. The summed E-state index contributed by atoms with van der Waals surface area (Å²) in [6, 6.07) is 17.5. The van der Waals surface area contributed by atoms with Gasteiger partial charge in [0.25, 0.3) is 0 Å². The van der Waals surface area contributed by atoms with Gasteiger partial charge >= 0.3 is 0 Å². The maximum Gasteiger partial charge on any atom is 0.228 e. The lowest BCUT2D eigenvalue weighted by Gasteiger charge is -2.31. The molecule has 1 aromatic carbocycles. The highest BCUT2D eigenvalue weighted by Gasteiger charge is 2.30. The molecular weight excluding hydrogens is 410 g/mol. The van der Waals surface area contributed by atoms with Crippen LogP contribution >= 0.6 is 0 Å². The third kappa shape index (κ3) is 5.86. The van der Waals surface area contributed by atoms with Crippen LogP contribution in [0.2, 0.25) is 0 Å². The van der Waals surface area contributed by atoms with Crippen LogP contribution < -0.4 is 5.32 Å². The number of sulfonamides is 1. The Hall–Kier alpha value is -2.84. The van der Waals surface area contributed by atoms with E-state index in [-0.39, 0.29) is 11.7 Å². The van der Waals surface area contributed by atoms with Gasteiger partial charge in [-0.3, -0.25) is 0 Å². The van der Waals surface area contributed by atoms with E-state index in [1.54, 1.807) is 22.8 Å². The maximum atomic E-state index is 12.9. The van der Waals surface area contributed by atoms with Gasteiger partial charge < -0.3 is 5.32 Å². The largest absolute Gasteiger partial charge is 0.309 e. The molecule has 0 spiro atoms. The fourth-order valence-corrected chi connectivity index (χ4v) is 5.48. The van der Waals surface area contributed by atoms with Crippen LogP contribution in [0.3, 0.4) is 0 Å². The summed E-state index contributed by atoms with van der Waals surface area (Å²) in [5.41, 5.74) is 2.07. The topological polar surface area (TPSA) is 88.1 Å². The van der Waals surface area contributed by atoms with Crippen LogP contribution in [0.25, 0.3) is 0 Å². The molecule has 0 bridgehead atoms. The molecule has 3 aromatic rings. The molecule has 31 heavy (non-hydrogen) atoms.